The SMILES string of the molecule is O=C(Cc1cccs1)NCC(c1ccc(F)cc1)N1CCOCC1. The van der Waals surface area contributed by atoms with E-state index < -0.39 is 0 Å². The van der Waals surface area contributed by atoms with Gasteiger partial charge in [-0.1, -0.05) is 18.2 Å². The minimum Gasteiger partial charge on any atom is -0.379 e. The maximum Gasteiger partial charge on any atom is 0.225 e. The molecular formula is C18H21FN2O2S. The Kier molecular flexibility index (Phi) is 5.96. The fourth-order valence-corrected chi connectivity index (χ4v) is 3.58. The summed E-state index contributed by atoms with van der Waals surface area (Å²) in [6.45, 7) is 3.49. The molecule has 1 aliphatic heterocycles. The first kappa shape index (κ1) is 17.1. The average Bonchev–Trinajstić information content (AvgIpc) is 3.10. The normalized spacial score (nSPS) is 16.7. The summed E-state index contributed by atoms with van der Waals surface area (Å²) < 4.78 is 18.6. The molecule has 1 atom stereocenters. The Morgan fingerprint density at radius 2 is 2.00 bits per heavy atom. The standard InChI is InChI=1S/C18H21FN2O2S/c19-15-5-3-14(4-6-15)17(21-7-9-23-10-8-21)13-20-18(22)12-16-2-1-11-24-16/h1-6,11,17H,7-10,12-13H2,(H,20,22). The van der Waals surface area contributed by atoms with E-state index in [1.54, 1.807) is 23.5 Å². The number of ether oxygens (including phenoxy) is 1. The maximum absolute atomic E-state index is 13.2. The molecule has 1 aromatic carbocycles. The van der Waals surface area contributed by atoms with Crippen molar-refractivity contribution < 1.29 is 13.9 Å². The highest BCUT2D eigenvalue weighted by Crippen LogP contribution is 2.21. The van der Waals surface area contributed by atoms with E-state index >= 15 is 0 Å². The molecule has 24 heavy (non-hydrogen) atoms. The number of amides is 1. The van der Waals surface area contributed by atoms with Crippen LogP contribution in [0.1, 0.15) is 16.5 Å². The van der Waals surface area contributed by atoms with E-state index in [1.807, 2.05) is 17.5 Å². The monoisotopic (exact) mass is 348 g/mol. The van der Waals surface area contributed by atoms with Crippen molar-refractivity contribution in [3.8, 4) is 0 Å². The number of morpholine rings is 1. The Hall–Kier alpha value is -1.76. The van der Waals surface area contributed by atoms with Gasteiger partial charge >= 0.3 is 0 Å². The van der Waals surface area contributed by atoms with Crippen molar-refractivity contribution in [3.05, 3.63) is 58.0 Å². The summed E-state index contributed by atoms with van der Waals surface area (Å²) in [4.78, 5) is 15.5. The summed E-state index contributed by atoms with van der Waals surface area (Å²) in [5, 5.41) is 4.99. The van der Waals surface area contributed by atoms with Gasteiger partial charge in [-0.15, -0.1) is 11.3 Å². The molecule has 0 bridgehead atoms. The zero-order valence-electron chi connectivity index (χ0n) is 13.4. The van der Waals surface area contributed by atoms with Crippen molar-refractivity contribution in [2.75, 3.05) is 32.8 Å². The Balaban J connectivity index is 1.65. The van der Waals surface area contributed by atoms with Crippen LogP contribution in [0.4, 0.5) is 4.39 Å². The molecule has 0 saturated carbocycles. The molecule has 0 radical (unpaired) electrons. The highest BCUT2D eigenvalue weighted by molar-refractivity contribution is 7.10. The smallest absolute Gasteiger partial charge is 0.225 e. The molecule has 2 heterocycles. The summed E-state index contributed by atoms with van der Waals surface area (Å²) in [6, 6.07) is 10.5. The summed E-state index contributed by atoms with van der Waals surface area (Å²) in [7, 11) is 0. The minimum atomic E-state index is -0.249. The van der Waals surface area contributed by atoms with E-state index in [0.29, 0.717) is 26.2 Å². The van der Waals surface area contributed by atoms with Crippen molar-refractivity contribution >= 4 is 17.2 Å². The van der Waals surface area contributed by atoms with Crippen LogP contribution < -0.4 is 5.32 Å². The number of carbonyl (C=O) groups excluding carboxylic acids is 1. The van der Waals surface area contributed by atoms with Gasteiger partial charge < -0.3 is 10.1 Å². The number of halogens is 1. The highest BCUT2D eigenvalue weighted by atomic mass is 32.1. The van der Waals surface area contributed by atoms with Gasteiger partial charge in [0, 0.05) is 24.5 Å². The number of carbonyl (C=O) groups is 1. The van der Waals surface area contributed by atoms with E-state index in [9.17, 15) is 9.18 Å². The first-order valence-electron chi connectivity index (χ1n) is 8.09. The molecule has 1 aliphatic rings. The molecule has 2 aromatic rings. The zero-order chi connectivity index (χ0) is 16.8. The van der Waals surface area contributed by atoms with E-state index in [0.717, 1.165) is 23.5 Å². The molecule has 1 fully saturated rings. The fourth-order valence-electron chi connectivity index (χ4n) is 2.88. The van der Waals surface area contributed by atoms with Gasteiger partial charge in [-0.05, 0) is 29.1 Å². The molecule has 0 aliphatic carbocycles. The van der Waals surface area contributed by atoms with Crippen LogP contribution in [0.25, 0.3) is 0 Å². The first-order valence-corrected chi connectivity index (χ1v) is 8.96. The van der Waals surface area contributed by atoms with Crippen LogP contribution in [0, 0.1) is 5.82 Å². The number of hydrogen-bond acceptors (Lipinski definition) is 4. The van der Waals surface area contributed by atoms with Crippen LogP contribution in [0.5, 0.6) is 0 Å². The lowest BCUT2D eigenvalue weighted by atomic mass is 10.0. The van der Waals surface area contributed by atoms with Gasteiger partial charge in [0.15, 0.2) is 0 Å². The molecule has 1 N–H and O–H groups in total. The quantitative estimate of drug-likeness (QED) is 0.873. The van der Waals surface area contributed by atoms with Crippen molar-refractivity contribution in [2.24, 2.45) is 0 Å². The lowest BCUT2D eigenvalue weighted by Crippen LogP contribution is -2.44. The lowest BCUT2D eigenvalue weighted by Gasteiger charge is -2.35. The average molecular weight is 348 g/mol. The summed E-state index contributed by atoms with van der Waals surface area (Å²) in [6.07, 6.45) is 0.400. The Morgan fingerprint density at radius 1 is 1.25 bits per heavy atom. The van der Waals surface area contributed by atoms with Crippen LogP contribution in [0.3, 0.4) is 0 Å². The van der Waals surface area contributed by atoms with Gasteiger partial charge in [0.1, 0.15) is 5.82 Å². The molecule has 1 amide bonds. The number of nitrogens with one attached hydrogen (secondary N) is 1. The van der Waals surface area contributed by atoms with Crippen molar-refractivity contribution in [1.29, 1.82) is 0 Å². The third-order valence-electron chi connectivity index (χ3n) is 4.15. The van der Waals surface area contributed by atoms with Crippen LogP contribution in [0.2, 0.25) is 0 Å². The zero-order valence-corrected chi connectivity index (χ0v) is 14.2. The number of hydrogen-bond donors (Lipinski definition) is 1. The predicted octanol–water partition coefficient (Wildman–Crippen LogP) is 2.62. The van der Waals surface area contributed by atoms with Crippen molar-refractivity contribution in [1.82, 2.24) is 10.2 Å². The molecule has 6 heteroatoms. The minimum absolute atomic E-state index is 0.0119. The van der Waals surface area contributed by atoms with Gasteiger partial charge in [0.25, 0.3) is 0 Å². The molecule has 1 aromatic heterocycles. The van der Waals surface area contributed by atoms with E-state index in [2.05, 4.69) is 10.2 Å². The van der Waals surface area contributed by atoms with Crippen molar-refractivity contribution in [3.63, 3.8) is 0 Å². The Bertz CT molecular complexity index is 640. The van der Waals surface area contributed by atoms with E-state index in [1.165, 1.54) is 12.1 Å². The summed E-state index contributed by atoms with van der Waals surface area (Å²) in [5.41, 5.74) is 1.01. The Labute approximate surface area is 145 Å². The van der Waals surface area contributed by atoms with Gasteiger partial charge in [-0.3, -0.25) is 9.69 Å². The second-order valence-corrected chi connectivity index (χ2v) is 6.81. The topological polar surface area (TPSA) is 41.6 Å². The molecule has 0 spiro atoms. The number of nitrogens with zero attached hydrogens (tertiary/aromatic N) is 1. The third kappa shape index (κ3) is 4.63. The summed E-state index contributed by atoms with van der Waals surface area (Å²) >= 11 is 1.58. The van der Waals surface area contributed by atoms with Gasteiger partial charge in [-0.2, -0.15) is 0 Å². The molecule has 4 nitrogen and oxygen atoms in total. The number of benzene rings is 1. The largest absolute Gasteiger partial charge is 0.379 e. The van der Waals surface area contributed by atoms with E-state index in [4.69, 9.17) is 4.74 Å². The highest BCUT2D eigenvalue weighted by Gasteiger charge is 2.23. The number of rotatable bonds is 6. The maximum atomic E-state index is 13.2. The van der Waals surface area contributed by atoms with Gasteiger partial charge in [0.05, 0.1) is 25.7 Å². The van der Waals surface area contributed by atoms with Gasteiger partial charge in [-0.25, -0.2) is 4.39 Å². The van der Waals surface area contributed by atoms with Gasteiger partial charge in [0.2, 0.25) is 5.91 Å². The molecule has 1 unspecified atom stereocenters. The molecule has 128 valence electrons. The van der Waals surface area contributed by atoms with Crippen LogP contribution in [0.15, 0.2) is 41.8 Å². The lowest BCUT2D eigenvalue weighted by molar-refractivity contribution is -0.120. The third-order valence-corrected chi connectivity index (χ3v) is 5.03. The predicted molar refractivity (Wildman–Crippen MR) is 92.6 cm³/mol. The molecule has 3 rings (SSSR count). The molecule has 1 saturated heterocycles. The first-order chi connectivity index (χ1) is 11.7. The summed E-state index contributed by atoms with van der Waals surface area (Å²) in [5.74, 6) is -0.237. The fraction of sp³-hybridized carbons (Fsp3) is 0.389. The second-order valence-electron chi connectivity index (χ2n) is 5.78. The second kappa shape index (κ2) is 8.37. The Morgan fingerprint density at radius 3 is 2.67 bits per heavy atom. The van der Waals surface area contributed by atoms with Crippen LogP contribution >= 0.6 is 11.3 Å². The van der Waals surface area contributed by atoms with Crippen LogP contribution in [-0.4, -0.2) is 43.7 Å². The van der Waals surface area contributed by atoms with E-state index in [-0.39, 0.29) is 17.8 Å². The number of thiophene rings is 1. The van der Waals surface area contributed by atoms with Crippen LogP contribution in [-0.2, 0) is 16.0 Å². The van der Waals surface area contributed by atoms with Crippen molar-refractivity contribution in [2.45, 2.75) is 12.5 Å². The molecular weight excluding hydrogens is 327 g/mol.